The Labute approximate surface area is 131 Å². The van der Waals surface area contributed by atoms with Crippen LogP contribution in [0.3, 0.4) is 0 Å². The number of methoxy groups -OCH3 is 2. The molecule has 0 unspecified atom stereocenters. The maximum Gasteiger partial charge on any atom is 0.127 e. The summed E-state index contributed by atoms with van der Waals surface area (Å²) in [5, 5.41) is 13.7. The van der Waals surface area contributed by atoms with Crippen molar-refractivity contribution in [3.63, 3.8) is 0 Å². The monoisotopic (exact) mass is 301 g/mol. The summed E-state index contributed by atoms with van der Waals surface area (Å²) in [6, 6.07) is 15.3. The van der Waals surface area contributed by atoms with Gasteiger partial charge in [0.05, 0.1) is 20.3 Å². The van der Waals surface area contributed by atoms with Crippen molar-refractivity contribution in [2.45, 2.75) is 25.6 Å². The molecule has 0 amide bonds. The standard InChI is InChI=1S/C18H23NO3/c1-13(18(20)14-7-5-4-6-8-14)19-12-15-9-10-16(21-2)11-17(15)22-3/h4-11,13,18-20H,12H2,1-3H3/t13-,18-/m1/s1. The molecule has 2 aromatic carbocycles. The first-order chi connectivity index (χ1) is 10.7. The summed E-state index contributed by atoms with van der Waals surface area (Å²) >= 11 is 0. The fourth-order valence-corrected chi connectivity index (χ4v) is 2.32. The van der Waals surface area contributed by atoms with Gasteiger partial charge in [0.1, 0.15) is 11.5 Å². The Kier molecular flexibility index (Phi) is 5.81. The topological polar surface area (TPSA) is 50.7 Å². The van der Waals surface area contributed by atoms with Crippen LogP contribution in [0.2, 0.25) is 0 Å². The van der Waals surface area contributed by atoms with Gasteiger partial charge >= 0.3 is 0 Å². The highest BCUT2D eigenvalue weighted by Crippen LogP contribution is 2.25. The van der Waals surface area contributed by atoms with Gasteiger partial charge in [-0.05, 0) is 18.6 Å². The predicted molar refractivity (Wildman–Crippen MR) is 87.2 cm³/mol. The summed E-state index contributed by atoms with van der Waals surface area (Å²) in [4.78, 5) is 0. The van der Waals surface area contributed by atoms with Gasteiger partial charge in [-0.3, -0.25) is 0 Å². The minimum atomic E-state index is -0.551. The van der Waals surface area contributed by atoms with Crippen molar-refractivity contribution in [2.24, 2.45) is 0 Å². The van der Waals surface area contributed by atoms with Crippen LogP contribution in [0, 0.1) is 0 Å². The van der Waals surface area contributed by atoms with Crippen molar-refractivity contribution in [1.29, 1.82) is 0 Å². The minimum absolute atomic E-state index is 0.0748. The molecule has 0 spiro atoms. The summed E-state index contributed by atoms with van der Waals surface area (Å²) in [6.07, 6.45) is -0.551. The summed E-state index contributed by atoms with van der Waals surface area (Å²) in [5.41, 5.74) is 1.93. The largest absolute Gasteiger partial charge is 0.497 e. The molecule has 2 N–H and O–H groups in total. The zero-order valence-corrected chi connectivity index (χ0v) is 13.2. The van der Waals surface area contributed by atoms with Gasteiger partial charge in [-0.2, -0.15) is 0 Å². The van der Waals surface area contributed by atoms with Gasteiger partial charge in [0, 0.05) is 24.2 Å². The van der Waals surface area contributed by atoms with E-state index in [0.29, 0.717) is 6.54 Å². The Bertz CT molecular complexity index is 586. The second kappa shape index (κ2) is 7.82. The first kappa shape index (κ1) is 16.3. The maximum absolute atomic E-state index is 10.4. The first-order valence-corrected chi connectivity index (χ1v) is 7.33. The van der Waals surface area contributed by atoms with E-state index in [-0.39, 0.29) is 6.04 Å². The summed E-state index contributed by atoms with van der Waals surface area (Å²) < 4.78 is 10.6. The third-order valence-electron chi connectivity index (χ3n) is 3.72. The van der Waals surface area contributed by atoms with Crippen molar-refractivity contribution in [3.8, 4) is 11.5 Å². The lowest BCUT2D eigenvalue weighted by Crippen LogP contribution is -2.31. The quantitative estimate of drug-likeness (QED) is 0.825. The average Bonchev–Trinajstić information content (AvgIpc) is 2.59. The Morgan fingerprint density at radius 3 is 2.41 bits per heavy atom. The Balaban J connectivity index is 2.00. The number of aliphatic hydroxyl groups is 1. The molecule has 0 bridgehead atoms. The smallest absolute Gasteiger partial charge is 0.127 e. The van der Waals surface area contributed by atoms with E-state index in [4.69, 9.17) is 9.47 Å². The van der Waals surface area contributed by atoms with Crippen LogP contribution in [0.5, 0.6) is 11.5 Å². The van der Waals surface area contributed by atoms with Crippen LogP contribution in [0.1, 0.15) is 24.2 Å². The normalized spacial score (nSPS) is 13.5. The molecule has 0 fully saturated rings. The third-order valence-corrected chi connectivity index (χ3v) is 3.72. The van der Waals surface area contributed by atoms with E-state index >= 15 is 0 Å². The summed E-state index contributed by atoms with van der Waals surface area (Å²) in [7, 11) is 3.27. The number of nitrogens with one attached hydrogen (secondary N) is 1. The third kappa shape index (κ3) is 4.00. The molecular weight excluding hydrogens is 278 g/mol. The number of benzene rings is 2. The fraction of sp³-hybridized carbons (Fsp3) is 0.333. The van der Waals surface area contributed by atoms with Gasteiger partial charge in [-0.1, -0.05) is 36.4 Å². The molecule has 118 valence electrons. The molecule has 0 radical (unpaired) electrons. The summed E-state index contributed by atoms with van der Waals surface area (Å²) in [5.74, 6) is 1.53. The zero-order valence-electron chi connectivity index (χ0n) is 13.2. The molecule has 0 aliphatic carbocycles. The zero-order chi connectivity index (χ0) is 15.9. The highest BCUT2D eigenvalue weighted by Gasteiger charge is 2.16. The lowest BCUT2D eigenvalue weighted by Gasteiger charge is -2.21. The molecule has 4 nitrogen and oxygen atoms in total. The number of aliphatic hydroxyl groups excluding tert-OH is 1. The number of ether oxygens (including phenoxy) is 2. The van der Waals surface area contributed by atoms with Crippen molar-refractivity contribution in [2.75, 3.05) is 14.2 Å². The molecule has 0 heterocycles. The fourth-order valence-electron chi connectivity index (χ4n) is 2.32. The minimum Gasteiger partial charge on any atom is -0.497 e. The highest BCUT2D eigenvalue weighted by atomic mass is 16.5. The van der Waals surface area contributed by atoms with Crippen molar-refractivity contribution in [1.82, 2.24) is 5.32 Å². The Morgan fingerprint density at radius 2 is 1.77 bits per heavy atom. The van der Waals surface area contributed by atoms with Crippen LogP contribution in [-0.4, -0.2) is 25.4 Å². The molecule has 0 saturated carbocycles. The van der Waals surface area contributed by atoms with E-state index in [2.05, 4.69) is 5.32 Å². The second-order valence-corrected chi connectivity index (χ2v) is 5.20. The van der Waals surface area contributed by atoms with E-state index in [1.54, 1.807) is 14.2 Å². The number of hydrogen-bond acceptors (Lipinski definition) is 4. The van der Waals surface area contributed by atoms with E-state index < -0.39 is 6.10 Å². The lowest BCUT2D eigenvalue weighted by molar-refractivity contribution is 0.135. The molecule has 0 aliphatic heterocycles. The molecule has 2 rings (SSSR count). The SMILES string of the molecule is COc1ccc(CN[C@H](C)[C@@H](O)c2ccccc2)c(OC)c1. The van der Waals surface area contributed by atoms with Crippen LogP contribution < -0.4 is 14.8 Å². The molecule has 0 aliphatic rings. The predicted octanol–water partition coefficient (Wildman–Crippen LogP) is 2.92. The molecule has 22 heavy (non-hydrogen) atoms. The van der Waals surface area contributed by atoms with E-state index in [0.717, 1.165) is 22.6 Å². The first-order valence-electron chi connectivity index (χ1n) is 7.33. The van der Waals surface area contributed by atoms with Gasteiger partial charge in [-0.25, -0.2) is 0 Å². The molecule has 0 saturated heterocycles. The van der Waals surface area contributed by atoms with E-state index in [1.807, 2.05) is 55.5 Å². The number of hydrogen-bond donors (Lipinski definition) is 2. The van der Waals surface area contributed by atoms with Crippen LogP contribution in [0.25, 0.3) is 0 Å². The van der Waals surface area contributed by atoms with Crippen LogP contribution in [-0.2, 0) is 6.54 Å². The number of rotatable bonds is 7. The van der Waals surface area contributed by atoms with Gasteiger partial charge in [-0.15, -0.1) is 0 Å². The summed E-state index contributed by atoms with van der Waals surface area (Å²) in [6.45, 7) is 2.58. The van der Waals surface area contributed by atoms with Crippen molar-refractivity contribution in [3.05, 3.63) is 59.7 Å². The second-order valence-electron chi connectivity index (χ2n) is 5.20. The van der Waals surface area contributed by atoms with Crippen LogP contribution >= 0.6 is 0 Å². The van der Waals surface area contributed by atoms with E-state index in [1.165, 1.54) is 0 Å². The maximum atomic E-state index is 10.4. The van der Waals surface area contributed by atoms with E-state index in [9.17, 15) is 5.11 Å². The molecule has 2 atom stereocenters. The van der Waals surface area contributed by atoms with Gasteiger partial charge < -0.3 is 19.9 Å². The van der Waals surface area contributed by atoms with Gasteiger partial charge in [0.2, 0.25) is 0 Å². The molecule has 2 aromatic rings. The molecular formula is C18H23NO3. The molecule has 0 aromatic heterocycles. The van der Waals surface area contributed by atoms with Crippen LogP contribution in [0.4, 0.5) is 0 Å². The van der Waals surface area contributed by atoms with Gasteiger partial charge in [0.15, 0.2) is 0 Å². The molecule has 4 heteroatoms. The Hall–Kier alpha value is -2.04. The van der Waals surface area contributed by atoms with Crippen LogP contribution in [0.15, 0.2) is 48.5 Å². The lowest BCUT2D eigenvalue weighted by atomic mass is 10.0. The van der Waals surface area contributed by atoms with Gasteiger partial charge in [0.25, 0.3) is 0 Å². The van der Waals surface area contributed by atoms with Crippen molar-refractivity contribution < 1.29 is 14.6 Å². The average molecular weight is 301 g/mol. The highest BCUT2D eigenvalue weighted by molar-refractivity contribution is 5.40. The van der Waals surface area contributed by atoms with Crippen molar-refractivity contribution >= 4 is 0 Å². The Morgan fingerprint density at radius 1 is 1.05 bits per heavy atom.